The molecule has 1 amide bonds. The number of para-hydroxylation sites is 2. The van der Waals surface area contributed by atoms with E-state index >= 15 is 4.79 Å². The third-order valence-electron chi connectivity index (χ3n) is 9.01. The third-order valence-corrected chi connectivity index (χ3v) is 9.01. The van der Waals surface area contributed by atoms with Crippen molar-refractivity contribution in [1.29, 1.82) is 0 Å². The molecule has 0 radical (unpaired) electrons. The van der Waals surface area contributed by atoms with Gasteiger partial charge in [-0.3, -0.25) is 14.4 Å². The number of hydrogen-bond acceptors (Lipinski definition) is 6. The number of ether oxygens (including phenoxy) is 2. The number of carbonyl (C=O) groups excluding carboxylic acids is 3. The van der Waals surface area contributed by atoms with Crippen molar-refractivity contribution in [2.45, 2.75) is 17.5 Å². The Bertz CT molecular complexity index is 1840. The molecule has 4 aromatic carbocycles. The van der Waals surface area contributed by atoms with Gasteiger partial charge in [0.25, 0.3) is 0 Å². The Balaban J connectivity index is 1.51. The lowest BCUT2D eigenvalue weighted by Crippen LogP contribution is -2.49. The molecular formula is C37H30N2O5. The number of rotatable bonds is 8. The van der Waals surface area contributed by atoms with Crippen LogP contribution in [-0.2, 0) is 10.2 Å². The van der Waals surface area contributed by atoms with Crippen LogP contribution in [0.15, 0.2) is 116 Å². The number of benzene rings is 4. The maximum absolute atomic E-state index is 15.1. The molecule has 0 saturated carbocycles. The molecule has 1 saturated heterocycles. The summed E-state index contributed by atoms with van der Waals surface area (Å²) < 4.78 is 11.3. The fourth-order valence-corrected chi connectivity index (χ4v) is 7.21. The molecule has 1 fully saturated rings. The minimum atomic E-state index is -1.42. The number of ketones is 2. The second-order valence-electron chi connectivity index (χ2n) is 11.1. The van der Waals surface area contributed by atoms with E-state index in [1.165, 1.54) is 0 Å². The average molecular weight is 583 g/mol. The molecule has 0 aliphatic carbocycles. The lowest BCUT2D eigenvalue weighted by atomic mass is 9.62. The van der Waals surface area contributed by atoms with Crippen LogP contribution >= 0.6 is 0 Å². The minimum Gasteiger partial charge on any atom is -0.497 e. The quantitative estimate of drug-likeness (QED) is 0.196. The van der Waals surface area contributed by atoms with Gasteiger partial charge in [-0.05, 0) is 65.2 Å². The maximum atomic E-state index is 15.1. The zero-order valence-electron chi connectivity index (χ0n) is 24.1. The Morgan fingerprint density at radius 1 is 0.932 bits per heavy atom. The summed E-state index contributed by atoms with van der Waals surface area (Å²) >= 11 is 0. The van der Waals surface area contributed by atoms with Crippen LogP contribution in [0.4, 0.5) is 5.69 Å². The van der Waals surface area contributed by atoms with E-state index in [0.717, 1.165) is 11.1 Å². The molecular weight excluding hydrogens is 552 g/mol. The van der Waals surface area contributed by atoms with Crippen molar-refractivity contribution in [3.63, 3.8) is 0 Å². The topological polar surface area (TPSA) is 84.9 Å². The van der Waals surface area contributed by atoms with Gasteiger partial charge in [-0.1, -0.05) is 67.3 Å². The summed E-state index contributed by atoms with van der Waals surface area (Å²) in [4.78, 5) is 46.4. The molecule has 0 bridgehead atoms. The summed E-state index contributed by atoms with van der Waals surface area (Å²) in [5.74, 6) is -1.04. The first-order valence-corrected chi connectivity index (χ1v) is 14.5. The van der Waals surface area contributed by atoms with Crippen LogP contribution in [-0.4, -0.2) is 42.1 Å². The molecule has 3 aliphatic rings. The Morgan fingerprint density at radius 2 is 1.66 bits per heavy atom. The van der Waals surface area contributed by atoms with Gasteiger partial charge in [-0.2, -0.15) is 0 Å². The standard InChI is InChI=1S/C37H30N2O5/c1-3-22-44-30-15-9-6-12-27(30)34(41)31-32(33(40)24-16-18-25(43-2)19-17-24)39-21-20-23-10-4-5-11-26(23)35(39)37(31)28-13-7-8-14-29(28)38-36(37)42/h3-21,31-32,35H,1,22H2,2H3,(H,38,42)/t31-,32-,35+,37+/m0/s1. The summed E-state index contributed by atoms with van der Waals surface area (Å²) in [6.45, 7) is 3.94. The Morgan fingerprint density at radius 3 is 2.45 bits per heavy atom. The second kappa shape index (κ2) is 10.7. The number of amides is 1. The van der Waals surface area contributed by atoms with Crippen LogP contribution in [0.1, 0.15) is 43.4 Å². The number of nitrogens with zero attached hydrogens (tertiary/aromatic N) is 1. The predicted molar refractivity (Wildman–Crippen MR) is 168 cm³/mol. The fraction of sp³-hybridized carbons (Fsp3) is 0.162. The van der Waals surface area contributed by atoms with Gasteiger partial charge in [0.15, 0.2) is 11.6 Å². The van der Waals surface area contributed by atoms with Crippen LogP contribution < -0.4 is 14.8 Å². The minimum absolute atomic E-state index is 0.197. The highest BCUT2D eigenvalue weighted by Gasteiger charge is 2.70. The van der Waals surface area contributed by atoms with E-state index < -0.39 is 23.4 Å². The van der Waals surface area contributed by atoms with Crippen molar-refractivity contribution in [2.24, 2.45) is 5.92 Å². The van der Waals surface area contributed by atoms with Gasteiger partial charge in [0.2, 0.25) is 5.91 Å². The summed E-state index contributed by atoms with van der Waals surface area (Å²) in [5.41, 5.74) is 2.44. The van der Waals surface area contributed by atoms with E-state index in [2.05, 4.69) is 11.9 Å². The molecule has 3 aliphatic heterocycles. The summed E-state index contributed by atoms with van der Waals surface area (Å²) in [6, 6.07) is 27.5. The van der Waals surface area contributed by atoms with Gasteiger partial charge in [0, 0.05) is 17.5 Å². The zero-order chi connectivity index (χ0) is 30.4. The van der Waals surface area contributed by atoms with Crippen LogP contribution in [0, 0.1) is 5.92 Å². The normalized spacial score (nSPS) is 22.5. The van der Waals surface area contributed by atoms with Crippen LogP contribution in [0.3, 0.4) is 0 Å². The van der Waals surface area contributed by atoms with Crippen LogP contribution in [0.2, 0.25) is 0 Å². The van der Waals surface area contributed by atoms with Gasteiger partial charge in [-0.15, -0.1) is 0 Å². The average Bonchev–Trinajstić information content (AvgIpc) is 3.55. The third kappa shape index (κ3) is 3.93. The van der Waals surface area contributed by atoms with Crippen molar-refractivity contribution in [2.75, 3.05) is 19.0 Å². The van der Waals surface area contributed by atoms with Crippen molar-refractivity contribution >= 4 is 29.2 Å². The molecule has 3 heterocycles. The van der Waals surface area contributed by atoms with Gasteiger partial charge in [0.1, 0.15) is 29.6 Å². The van der Waals surface area contributed by atoms with Gasteiger partial charge < -0.3 is 19.7 Å². The van der Waals surface area contributed by atoms with Crippen molar-refractivity contribution in [3.05, 3.63) is 144 Å². The Hall–Kier alpha value is -5.43. The molecule has 218 valence electrons. The molecule has 7 heteroatoms. The lowest BCUT2D eigenvalue weighted by Gasteiger charge is -2.38. The summed E-state index contributed by atoms with van der Waals surface area (Å²) in [6.07, 6.45) is 5.42. The van der Waals surface area contributed by atoms with E-state index in [1.54, 1.807) is 61.7 Å². The smallest absolute Gasteiger partial charge is 0.238 e. The monoisotopic (exact) mass is 582 g/mol. The molecule has 1 spiro atoms. The highest BCUT2D eigenvalue weighted by Crippen LogP contribution is 2.62. The molecule has 44 heavy (non-hydrogen) atoms. The lowest BCUT2D eigenvalue weighted by molar-refractivity contribution is -0.122. The summed E-state index contributed by atoms with van der Waals surface area (Å²) in [7, 11) is 1.56. The van der Waals surface area contributed by atoms with E-state index in [1.807, 2.05) is 65.7 Å². The number of anilines is 1. The van der Waals surface area contributed by atoms with Crippen molar-refractivity contribution < 1.29 is 23.9 Å². The Labute approximate surface area is 255 Å². The molecule has 7 rings (SSSR count). The highest BCUT2D eigenvalue weighted by atomic mass is 16.5. The van der Waals surface area contributed by atoms with Gasteiger partial charge in [0.05, 0.1) is 24.6 Å². The number of nitrogens with one attached hydrogen (secondary N) is 1. The SMILES string of the molecule is C=CCOc1ccccc1C(=O)[C@@H]1[C@@H](C(=O)c2ccc(OC)cc2)N2C=Cc3ccccc3[C@@H]2[C@]12C(=O)Nc1ccccc12. The highest BCUT2D eigenvalue weighted by molar-refractivity contribution is 6.17. The van der Waals surface area contributed by atoms with Gasteiger partial charge in [-0.25, -0.2) is 0 Å². The first kappa shape index (κ1) is 27.4. The molecule has 0 unspecified atom stereocenters. The van der Waals surface area contributed by atoms with E-state index in [9.17, 15) is 9.59 Å². The number of fused-ring (bicyclic) bond motifs is 6. The molecule has 1 N–H and O–H groups in total. The predicted octanol–water partition coefficient (Wildman–Crippen LogP) is 6.24. The number of hydrogen-bond donors (Lipinski definition) is 1. The summed E-state index contributed by atoms with van der Waals surface area (Å²) in [5, 5.41) is 3.08. The molecule has 4 atom stereocenters. The second-order valence-corrected chi connectivity index (χ2v) is 11.1. The van der Waals surface area contributed by atoms with Crippen LogP contribution in [0.25, 0.3) is 6.08 Å². The first-order chi connectivity index (χ1) is 21.5. The van der Waals surface area contributed by atoms with Crippen LogP contribution in [0.5, 0.6) is 11.5 Å². The van der Waals surface area contributed by atoms with E-state index in [0.29, 0.717) is 33.9 Å². The number of carbonyl (C=O) groups is 3. The maximum Gasteiger partial charge on any atom is 0.238 e. The molecule has 7 nitrogen and oxygen atoms in total. The Kier molecular flexibility index (Phi) is 6.66. The van der Waals surface area contributed by atoms with Crippen molar-refractivity contribution in [1.82, 2.24) is 4.90 Å². The fourth-order valence-electron chi connectivity index (χ4n) is 7.21. The molecule has 0 aromatic heterocycles. The number of methoxy groups -OCH3 is 1. The van der Waals surface area contributed by atoms with Crippen molar-refractivity contribution in [3.8, 4) is 11.5 Å². The molecule has 4 aromatic rings. The first-order valence-electron chi connectivity index (χ1n) is 14.5. The largest absolute Gasteiger partial charge is 0.497 e. The van der Waals surface area contributed by atoms with E-state index in [-0.39, 0.29) is 24.1 Å². The van der Waals surface area contributed by atoms with E-state index in [4.69, 9.17) is 9.47 Å². The van der Waals surface area contributed by atoms with Gasteiger partial charge >= 0.3 is 0 Å². The number of Topliss-reactive ketones (excluding diaryl/α,β-unsaturated/α-hetero) is 2. The zero-order valence-corrected chi connectivity index (χ0v) is 24.1.